The van der Waals surface area contributed by atoms with E-state index in [4.69, 9.17) is 5.26 Å². The van der Waals surface area contributed by atoms with Crippen molar-refractivity contribution < 1.29 is 18.7 Å². The molecule has 0 radical (unpaired) electrons. The molecule has 110 valence electrons. The van der Waals surface area contributed by atoms with Crippen molar-refractivity contribution in [3.05, 3.63) is 29.3 Å². The van der Waals surface area contributed by atoms with E-state index in [0.717, 1.165) is 31.4 Å². The normalized spacial score (nSPS) is 30.1. The Morgan fingerprint density at radius 2 is 1.90 bits per heavy atom. The zero-order chi connectivity index (χ0) is 15.1. The SMILES string of the molecule is N#Cc1cc(F)c(NC2C3CCC(C3)C2C(=O)O)c(F)c1. The highest BCUT2D eigenvalue weighted by molar-refractivity contribution is 5.73. The van der Waals surface area contributed by atoms with Crippen molar-refractivity contribution in [2.24, 2.45) is 17.8 Å². The average Bonchev–Trinajstić information content (AvgIpc) is 3.02. The molecule has 0 amide bonds. The lowest BCUT2D eigenvalue weighted by Crippen LogP contribution is -2.39. The molecule has 0 saturated heterocycles. The first-order chi connectivity index (χ1) is 10.0. The van der Waals surface area contributed by atoms with E-state index in [1.807, 2.05) is 0 Å². The van der Waals surface area contributed by atoms with Crippen LogP contribution in [0.15, 0.2) is 12.1 Å². The number of aliphatic carboxylic acids is 1. The van der Waals surface area contributed by atoms with E-state index in [0.29, 0.717) is 0 Å². The van der Waals surface area contributed by atoms with Gasteiger partial charge in [0.15, 0.2) is 11.6 Å². The zero-order valence-corrected chi connectivity index (χ0v) is 11.1. The van der Waals surface area contributed by atoms with Crippen molar-refractivity contribution in [3.63, 3.8) is 0 Å². The maximum Gasteiger partial charge on any atom is 0.308 e. The van der Waals surface area contributed by atoms with Gasteiger partial charge in [-0.3, -0.25) is 4.79 Å². The summed E-state index contributed by atoms with van der Waals surface area (Å²) in [5.74, 6) is -3.05. The quantitative estimate of drug-likeness (QED) is 0.898. The van der Waals surface area contributed by atoms with Crippen LogP contribution in [0.5, 0.6) is 0 Å². The van der Waals surface area contributed by atoms with Gasteiger partial charge in [0.25, 0.3) is 0 Å². The van der Waals surface area contributed by atoms with Gasteiger partial charge in [-0.15, -0.1) is 0 Å². The van der Waals surface area contributed by atoms with Gasteiger partial charge in [0.05, 0.1) is 17.6 Å². The minimum absolute atomic E-state index is 0.0782. The summed E-state index contributed by atoms with van der Waals surface area (Å²) in [6, 6.07) is 3.13. The second-order valence-electron chi connectivity index (χ2n) is 5.79. The van der Waals surface area contributed by atoms with Crippen LogP contribution in [-0.4, -0.2) is 17.1 Å². The lowest BCUT2D eigenvalue weighted by atomic mass is 9.84. The van der Waals surface area contributed by atoms with E-state index in [1.54, 1.807) is 6.07 Å². The fourth-order valence-corrected chi connectivity index (χ4v) is 3.80. The molecule has 4 nitrogen and oxygen atoms in total. The second-order valence-corrected chi connectivity index (χ2v) is 5.79. The summed E-state index contributed by atoms with van der Waals surface area (Å²) in [7, 11) is 0. The molecule has 2 aliphatic rings. The Labute approximate surface area is 120 Å². The van der Waals surface area contributed by atoms with Crippen LogP contribution in [0.1, 0.15) is 24.8 Å². The van der Waals surface area contributed by atoms with Crippen LogP contribution in [0.3, 0.4) is 0 Å². The Bertz CT molecular complexity index is 618. The fourth-order valence-electron chi connectivity index (χ4n) is 3.80. The van der Waals surface area contributed by atoms with E-state index in [2.05, 4.69) is 5.32 Å². The monoisotopic (exact) mass is 292 g/mol. The number of anilines is 1. The minimum atomic E-state index is -0.922. The van der Waals surface area contributed by atoms with E-state index >= 15 is 0 Å². The Morgan fingerprint density at radius 1 is 1.29 bits per heavy atom. The van der Waals surface area contributed by atoms with Crippen LogP contribution < -0.4 is 5.32 Å². The summed E-state index contributed by atoms with van der Waals surface area (Å²) in [6.45, 7) is 0. The molecule has 0 heterocycles. The van der Waals surface area contributed by atoms with Gasteiger partial charge in [-0.25, -0.2) is 8.78 Å². The van der Waals surface area contributed by atoms with Gasteiger partial charge in [-0.2, -0.15) is 5.26 Å². The number of nitrogens with one attached hydrogen (secondary N) is 1. The van der Waals surface area contributed by atoms with Gasteiger partial charge < -0.3 is 10.4 Å². The number of benzene rings is 1. The zero-order valence-electron chi connectivity index (χ0n) is 11.1. The molecule has 21 heavy (non-hydrogen) atoms. The summed E-state index contributed by atoms with van der Waals surface area (Å²) in [4.78, 5) is 11.4. The Balaban J connectivity index is 1.90. The fraction of sp³-hybridized carbons (Fsp3) is 0.467. The van der Waals surface area contributed by atoms with E-state index in [1.165, 1.54) is 0 Å². The van der Waals surface area contributed by atoms with Crippen LogP contribution >= 0.6 is 0 Å². The van der Waals surface area contributed by atoms with Gasteiger partial charge >= 0.3 is 5.97 Å². The second kappa shape index (κ2) is 4.99. The molecular formula is C15H14F2N2O2. The maximum absolute atomic E-state index is 13.9. The van der Waals surface area contributed by atoms with Gasteiger partial charge in [-0.05, 0) is 43.2 Å². The summed E-state index contributed by atoms with van der Waals surface area (Å²) < 4.78 is 27.8. The van der Waals surface area contributed by atoms with Crippen LogP contribution in [-0.2, 0) is 4.79 Å². The topological polar surface area (TPSA) is 73.1 Å². The first-order valence-electron chi connectivity index (χ1n) is 6.89. The molecule has 1 aromatic rings. The Morgan fingerprint density at radius 3 is 2.48 bits per heavy atom. The van der Waals surface area contributed by atoms with Gasteiger partial charge in [-0.1, -0.05) is 0 Å². The number of nitriles is 1. The molecule has 0 aromatic heterocycles. The molecule has 4 unspecified atom stereocenters. The molecule has 1 aromatic carbocycles. The maximum atomic E-state index is 13.9. The number of carbonyl (C=O) groups is 1. The average molecular weight is 292 g/mol. The Kier molecular flexibility index (Phi) is 3.28. The predicted octanol–water partition coefficient (Wildman–Crippen LogP) is 2.75. The van der Waals surface area contributed by atoms with E-state index in [-0.39, 0.29) is 23.1 Å². The highest BCUT2D eigenvalue weighted by Gasteiger charge is 2.51. The standard InChI is InChI=1S/C15H14F2N2O2/c16-10-3-7(6-18)4-11(17)14(10)19-13-9-2-1-8(5-9)12(13)15(20)21/h3-4,8-9,12-13,19H,1-2,5H2,(H,20,21). The van der Waals surface area contributed by atoms with Gasteiger partial charge in [0.1, 0.15) is 5.69 Å². The van der Waals surface area contributed by atoms with Crippen molar-refractivity contribution in [1.29, 1.82) is 5.26 Å². The van der Waals surface area contributed by atoms with Crippen LogP contribution in [0, 0.1) is 40.7 Å². The Hall–Kier alpha value is -2.16. The lowest BCUT2D eigenvalue weighted by Gasteiger charge is -2.30. The molecule has 4 atom stereocenters. The minimum Gasteiger partial charge on any atom is -0.481 e. The molecular weight excluding hydrogens is 278 g/mol. The molecule has 0 spiro atoms. The molecule has 2 aliphatic carbocycles. The van der Waals surface area contributed by atoms with Crippen molar-refractivity contribution >= 4 is 11.7 Å². The lowest BCUT2D eigenvalue weighted by molar-refractivity contribution is -0.143. The smallest absolute Gasteiger partial charge is 0.308 e. The molecule has 6 heteroatoms. The predicted molar refractivity (Wildman–Crippen MR) is 70.4 cm³/mol. The number of hydrogen-bond acceptors (Lipinski definition) is 3. The van der Waals surface area contributed by atoms with Crippen molar-refractivity contribution in [2.45, 2.75) is 25.3 Å². The number of rotatable bonds is 3. The largest absolute Gasteiger partial charge is 0.481 e. The molecule has 2 saturated carbocycles. The van der Waals surface area contributed by atoms with Crippen LogP contribution in [0.4, 0.5) is 14.5 Å². The number of carboxylic acids is 1. The molecule has 2 fully saturated rings. The summed E-state index contributed by atoms with van der Waals surface area (Å²) in [6.07, 6.45) is 2.53. The van der Waals surface area contributed by atoms with Crippen LogP contribution in [0.25, 0.3) is 0 Å². The first kappa shape index (κ1) is 13.8. The van der Waals surface area contributed by atoms with E-state index in [9.17, 15) is 18.7 Å². The molecule has 2 bridgehead atoms. The molecule has 0 aliphatic heterocycles. The first-order valence-corrected chi connectivity index (χ1v) is 6.89. The third-order valence-corrected chi connectivity index (χ3v) is 4.68. The van der Waals surface area contributed by atoms with Crippen molar-refractivity contribution in [1.82, 2.24) is 0 Å². The number of nitrogens with zero attached hydrogens (tertiary/aromatic N) is 1. The summed E-state index contributed by atoms with van der Waals surface area (Å²) in [5.41, 5.74) is -0.434. The third-order valence-electron chi connectivity index (χ3n) is 4.68. The number of halogens is 2. The van der Waals surface area contributed by atoms with Crippen molar-refractivity contribution in [3.8, 4) is 6.07 Å². The third kappa shape index (κ3) is 2.23. The molecule has 3 rings (SSSR count). The number of fused-ring (bicyclic) bond motifs is 2. The summed E-state index contributed by atoms with van der Waals surface area (Å²) >= 11 is 0. The van der Waals surface area contributed by atoms with Crippen molar-refractivity contribution in [2.75, 3.05) is 5.32 Å². The van der Waals surface area contributed by atoms with Crippen LogP contribution in [0.2, 0.25) is 0 Å². The molecule has 2 N–H and O–H groups in total. The van der Waals surface area contributed by atoms with Gasteiger partial charge in [0.2, 0.25) is 0 Å². The van der Waals surface area contributed by atoms with E-state index < -0.39 is 29.6 Å². The van der Waals surface area contributed by atoms with Gasteiger partial charge in [0, 0.05) is 6.04 Å². The number of carboxylic acid groups (broad SMARTS) is 1. The highest BCUT2D eigenvalue weighted by Crippen LogP contribution is 2.49. The number of hydrogen-bond donors (Lipinski definition) is 2. The summed E-state index contributed by atoms with van der Waals surface area (Å²) in [5, 5.41) is 20.8. The highest BCUT2D eigenvalue weighted by atomic mass is 19.1.